The summed E-state index contributed by atoms with van der Waals surface area (Å²) in [4.78, 5) is 0. The van der Waals surface area contributed by atoms with Crippen LogP contribution < -0.4 is 0 Å². The first-order valence-electron chi connectivity index (χ1n) is 10.4. The fraction of sp³-hybridized carbons (Fsp3) is 0.143. The van der Waals surface area contributed by atoms with E-state index in [9.17, 15) is 4.55 Å². The van der Waals surface area contributed by atoms with Crippen LogP contribution in [0, 0.1) is 13.8 Å². The average molecular weight is 479 g/mol. The fourth-order valence-corrected chi connectivity index (χ4v) is 7.53. The van der Waals surface area contributed by atoms with Crippen molar-refractivity contribution >= 4 is 34.4 Å². The number of rotatable bonds is 6. The standard InChI is InChI=1S/C28H24Cl2OS/c1-21-13-9-11-19-25(21)27(29,23-15-5-3-6-16-23)32(31)28(30,24-17-7-4-8-18-24)26-20-12-10-14-22(26)2/h3-20H,1-2H3. The van der Waals surface area contributed by atoms with E-state index in [-0.39, 0.29) is 0 Å². The predicted octanol–water partition coefficient (Wildman–Crippen LogP) is 7.63. The van der Waals surface area contributed by atoms with Gasteiger partial charge < -0.3 is 4.55 Å². The van der Waals surface area contributed by atoms with E-state index < -0.39 is 19.6 Å². The molecule has 2 unspecified atom stereocenters. The number of alkyl halides is 2. The van der Waals surface area contributed by atoms with Crippen LogP contribution in [0.4, 0.5) is 0 Å². The highest BCUT2D eigenvalue weighted by molar-refractivity contribution is 7.96. The van der Waals surface area contributed by atoms with E-state index >= 15 is 0 Å². The van der Waals surface area contributed by atoms with Gasteiger partial charge in [0.2, 0.25) is 0 Å². The largest absolute Gasteiger partial charge is 0.613 e. The molecular weight excluding hydrogens is 455 g/mol. The molecule has 0 fully saturated rings. The minimum Gasteiger partial charge on any atom is -0.613 e. The quantitative estimate of drug-likeness (QED) is 0.206. The molecule has 2 atom stereocenters. The molecule has 0 radical (unpaired) electrons. The Morgan fingerprint density at radius 2 is 0.844 bits per heavy atom. The Bertz CT molecular complexity index is 1100. The lowest BCUT2D eigenvalue weighted by Crippen LogP contribution is -2.45. The van der Waals surface area contributed by atoms with Crippen LogP contribution in [0.25, 0.3) is 0 Å². The molecule has 0 aromatic heterocycles. The summed E-state index contributed by atoms with van der Waals surface area (Å²) in [6, 6.07) is 34.7. The van der Waals surface area contributed by atoms with Gasteiger partial charge in [0.25, 0.3) is 8.41 Å². The van der Waals surface area contributed by atoms with E-state index in [1.165, 1.54) is 0 Å². The van der Waals surface area contributed by atoms with Gasteiger partial charge in [-0.25, -0.2) is 0 Å². The van der Waals surface area contributed by atoms with Crippen molar-refractivity contribution in [1.29, 1.82) is 0 Å². The highest BCUT2D eigenvalue weighted by atomic mass is 35.5. The molecule has 0 aliphatic heterocycles. The second-order valence-corrected chi connectivity index (χ2v) is 11.2. The second-order valence-electron chi connectivity index (χ2n) is 7.82. The molecule has 0 heterocycles. The van der Waals surface area contributed by atoms with Crippen LogP contribution in [-0.4, -0.2) is 4.55 Å². The van der Waals surface area contributed by atoms with Crippen molar-refractivity contribution in [3.63, 3.8) is 0 Å². The van der Waals surface area contributed by atoms with Crippen molar-refractivity contribution in [1.82, 2.24) is 0 Å². The van der Waals surface area contributed by atoms with Crippen LogP contribution in [0.3, 0.4) is 0 Å². The van der Waals surface area contributed by atoms with Gasteiger partial charge in [-0.05, 0) is 25.0 Å². The molecule has 4 aromatic carbocycles. The second kappa shape index (κ2) is 9.33. The lowest BCUT2D eigenvalue weighted by molar-refractivity contribution is 0.568. The molecule has 32 heavy (non-hydrogen) atoms. The third-order valence-electron chi connectivity index (χ3n) is 5.78. The summed E-state index contributed by atoms with van der Waals surface area (Å²) in [5.74, 6) is 0. The van der Waals surface area contributed by atoms with Gasteiger partial charge in [-0.3, -0.25) is 0 Å². The van der Waals surface area contributed by atoms with E-state index in [2.05, 4.69) is 0 Å². The van der Waals surface area contributed by atoms with Gasteiger partial charge in [-0.1, -0.05) is 132 Å². The average Bonchev–Trinajstić information content (AvgIpc) is 2.84. The van der Waals surface area contributed by atoms with Crippen LogP contribution in [-0.2, 0) is 19.6 Å². The number of hydrogen-bond acceptors (Lipinski definition) is 1. The predicted molar refractivity (Wildman–Crippen MR) is 137 cm³/mol. The Balaban J connectivity index is 2.04. The summed E-state index contributed by atoms with van der Waals surface area (Å²) in [5, 5.41) is 0. The molecule has 4 aromatic rings. The Kier molecular flexibility index (Phi) is 6.69. The normalized spacial score (nSPS) is 16.0. The summed E-state index contributed by atoms with van der Waals surface area (Å²) < 4.78 is 12.1. The van der Waals surface area contributed by atoms with Gasteiger partial charge in [-0.2, -0.15) is 0 Å². The van der Waals surface area contributed by atoms with Crippen molar-refractivity contribution in [2.75, 3.05) is 0 Å². The summed E-state index contributed by atoms with van der Waals surface area (Å²) >= 11 is 13.2. The van der Waals surface area contributed by atoms with Gasteiger partial charge in [0.15, 0.2) is 0 Å². The van der Waals surface area contributed by atoms with Crippen molar-refractivity contribution < 1.29 is 4.55 Å². The van der Waals surface area contributed by atoms with Crippen molar-refractivity contribution in [2.45, 2.75) is 22.3 Å². The highest BCUT2D eigenvalue weighted by Gasteiger charge is 2.58. The highest BCUT2D eigenvalue weighted by Crippen LogP contribution is 2.55. The van der Waals surface area contributed by atoms with Gasteiger partial charge >= 0.3 is 0 Å². The van der Waals surface area contributed by atoms with Crippen molar-refractivity contribution in [3.8, 4) is 0 Å². The first-order valence-corrected chi connectivity index (χ1v) is 12.3. The number of hydrogen-bond donors (Lipinski definition) is 0. The molecule has 0 spiro atoms. The van der Waals surface area contributed by atoms with Crippen molar-refractivity contribution in [2.24, 2.45) is 0 Å². The van der Waals surface area contributed by atoms with Crippen LogP contribution in [0.15, 0.2) is 109 Å². The zero-order chi connectivity index (χ0) is 22.8. The molecule has 1 nitrogen and oxygen atoms in total. The minimum atomic E-state index is -1.82. The fourth-order valence-electron chi connectivity index (χ4n) is 4.09. The first-order chi connectivity index (χ1) is 15.4. The van der Waals surface area contributed by atoms with E-state index in [1.54, 1.807) is 0 Å². The number of benzene rings is 4. The minimum absolute atomic E-state index is 0.740. The molecule has 0 aliphatic rings. The van der Waals surface area contributed by atoms with Gasteiger partial charge in [0.1, 0.15) is 0 Å². The van der Waals surface area contributed by atoms with E-state index in [0.717, 1.165) is 33.4 Å². The topological polar surface area (TPSA) is 23.1 Å². The molecule has 0 saturated heterocycles. The third kappa shape index (κ3) is 3.86. The van der Waals surface area contributed by atoms with E-state index in [4.69, 9.17) is 23.2 Å². The Labute approximate surface area is 203 Å². The smallest absolute Gasteiger partial charge is 0.251 e. The molecular formula is C28H24Cl2OS. The Morgan fingerprint density at radius 3 is 1.19 bits per heavy atom. The molecule has 0 saturated carbocycles. The lowest BCUT2D eigenvalue weighted by Gasteiger charge is -2.41. The number of aryl methyl sites for hydroxylation is 2. The molecule has 4 heteroatoms. The maximum Gasteiger partial charge on any atom is 0.251 e. The number of halogens is 2. The van der Waals surface area contributed by atoms with Crippen molar-refractivity contribution in [3.05, 3.63) is 143 Å². The third-order valence-corrected chi connectivity index (χ3v) is 9.40. The summed E-state index contributed by atoms with van der Waals surface area (Å²) in [5.41, 5.74) is 4.95. The Hall–Kier alpha value is -2.23. The van der Waals surface area contributed by atoms with Gasteiger partial charge in [-0.15, -0.1) is 0 Å². The SMILES string of the molecule is Cc1ccccc1C(Cl)(c1ccccc1)[S+]([O-])C(Cl)(c1ccccc1)c1ccccc1C. The van der Waals surface area contributed by atoms with Gasteiger partial charge in [0, 0.05) is 33.4 Å². The van der Waals surface area contributed by atoms with Crippen LogP contribution >= 0.6 is 23.2 Å². The van der Waals surface area contributed by atoms with E-state index in [0.29, 0.717) is 0 Å². The summed E-state index contributed by atoms with van der Waals surface area (Å²) in [6.45, 7) is 3.97. The van der Waals surface area contributed by atoms with Crippen LogP contribution in [0.2, 0.25) is 0 Å². The van der Waals surface area contributed by atoms with Crippen LogP contribution in [0.1, 0.15) is 33.4 Å². The molecule has 0 amide bonds. The maximum absolute atomic E-state index is 14.8. The molecule has 162 valence electrons. The monoisotopic (exact) mass is 478 g/mol. The summed E-state index contributed by atoms with van der Waals surface area (Å²) in [7, 11) is 0. The molecule has 0 bridgehead atoms. The molecule has 0 N–H and O–H groups in total. The first kappa shape index (κ1) is 22.9. The maximum atomic E-state index is 14.8. The molecule has 4 rings (SSSR count). The Morgan fingerprint density at radius 1 is 0.531 bits per heavy atom. The zero-order valence-corrected chi connectivity index (χ0v) is 20.3. The molecule has 0 aliphatic carbocycles. The van der Waals surface area contributed by atoms with E-state index in [1.807, 2.05) is 123 Å². The van der Waals surface area contributed by atoms with Gasteiger partial charge in [0.05, 0.1) is 0 Å². The lowest BCUT2D eigenvalue weighted by atomic mass is 9.98. The van der Waals surface area contributed by atoms with Crippen LogP contribution in [0.5, 0.6) is 0 Å². The summed E-state index contributed by atoms with van der Waals surface area (Å²) in [6.07, 6.45) is 0. The zero-order valence-electron chi connectivity index (χ0n) is 18.0.